The van der Waals surface area contributed by atoms with Gasteiger partial charge in [-0.25, -0.2) is 0 Å². The zero-order chi connectivity index (χ0) is 48.4. The van der Waals surface area contributed by atoms with Gasteiger partial charge in [-0.1, -0.05) is 156 Å². The fraction of sp³-hybridized carbons (Fsp3) is 0.138. The Labute approximate surface area is 416 Å². The third-order valence-electron chi connectivity index (χ3n) is 15.3. The highest BCUT2D eigenvalue weighted by molar-refractivity contribution is 6.14. The van der Waals surface area contributed by atoms with Crippen molar-refractivity contribution >= 4 is 87.5 Å². The Morgan fingerprint density at radius 2 is 1.00 bits per heavy atom. The largest absolute Gasteiger partial charge is 0.454 e. The van der Waals surface area contributed by atoms with E-state index in [-0.39, 0.29) is 5.41 Å². The van der Waals surface area contributed by atoms with Gasteiger partial charge in [-0.2, -0.15) is 5.10 Å². The number of nitrogens with zero attached hydrogens (tertiary/aromatic N) is 5. The zero-order valence-corrected chi connectivity index (χ0v) is 40.9. The average Bonchev–Trinajstić information content (AvgIpc) is 4.24. The lowest BCUT2D eigenvalue weighted by molar-refractivity contribution is 0.177. The summed E-state index contributed by atoms with van der Waals surface area (Å²) in [6.07, 6.45) is 2.89. The molecule has 0 N–H and O–H groups in total. The number of aromatic nitrogens is 5. The minimum Gasteiger partial charge on any atom is -0.454 e. The molecule has 1 unspecified atom stereocenters. The molecule has 5 heterocycles. The minimum atomic E-state index is 0.196. The molecule has 0 amide bonds. The average molecular weight is 934 g/mol. The first-order valence-corrected chi connectivity index (χ1v) is 25.1. The number of rotatable bonds is 8. The fourth-order valence-electron chi connectivity index (χ4n) is 12.0. The number of para-hydroxylation sites is 5. The van der Waals surface area contributed by atoms with Gasteiger partial charge in [0.25, 0.3) is 0 Å². The second kappa shape index (κ2) is 15.9. The first kappa shape index (κ1) is 42.2. The van der Waals surface area contributed by atoms with Gasteiger partial charge in [-0.15, -0.1) is 9.90 Å². The molecule has 14 aromatic rings. The lowest BCUT2D eigenvalue weighted by atomic mass is 9.71. The number of furan rings is 2. The Morgan fingerprint density at radius 1 is 0.444 bits per heavy atom. The predicted octanol–water partition coefficient (Wildman–Crippen LogP) is 17.5. The van der Waals surface area contributed by atoms with Crippen LogP contribution in [-0.2, 0) is 6.42 Å². The van der Waals surface area contributed by atoms with E-state index in [1.807, 2.05) is 18.3 Å². The van der Waals surface area contributed by atoms with Crippen molar-refractivity contribution in [2.45, 2.75) is 41.0 Å². The molecule has 0 saturated carbocycles. The molecule has 0 radical (unpaired) electrons. The molecule has 7 heteroatoms. The number of benzene rings is 9. The van der Waals surface area contributed by atoms with Crippen molar-refractivity contribution in [3.63, 3.8) is 0 Å². The summed E-state index contributed by atoms with van der Waals surface area (Å²) in [7, 11) is 0. The summed E-state index contributed by atoms with van der Waals surface area (Å²) in [6.45, 7) is 11.8. The Bertz CT molecular complexity index is 4420. The second-order valence-corrected chi connectivity index (χ2v) is 21.0. The molecule has 0 spiro atoms. The molecule has 0 aliphatic heterocycles. The maximum atomic E-state index is 6.77. The molecular formula is C65H51N5O2. The van der Waals surface area contributed by atoms with Crippen LogP contribution in [0.5, 0.6) is 0 Å². The van der Waals surface area contributed by atoms with Gasteiger partial charge in [-0.3, -0.25) is 4.57 Å². The Balaban J connectivity index is 0.865. The van der Waals surface area contributed by atoms with E-state index in [9.17, 15) is 0 Å². The van der Waals surface area contributed by atoms with Gasteiger partial charge < -0.3 is 13.4 Å². The highest BCUT2D eigenvalue weighted by Gasteiger charge is 2.28. The molecule has 0 bridgehead atoms. The Kier molecular flexibility index (Phi) is 9.34. The molecule has 14 rings (SSSR count). The fourth-order valence-corrected chi connectivity index (χ4v) is 12.0. The van der Waals surface area contributed by atoms with Crippen molar-refractivity contribution in [3.8, 4) is 39.4 Å². The zero-order valence-electron chi connectivity index (χ0n) is 40.9. The number of fused-ring (bicyclic) bond motifs is 12. The summed E-state index contributed by atoms with van der Waals surface area (Å²) in [5, 5.41) is 19.3. The smallest absolute Gasteiger partial charge is 0.180 e. The normalized spacial score (nSPS) is 12.9. The van der Waals surface area contributed by atoms with Crippen LogP contribution in [0.25, 0.3) is 127 Å². The number of hydrogen-bond acceptors (Lipinski definition) is 4. The molecule has 348 valence electrons. The summed E-state index contributed by atoms with van der Waals surface area (Å²) in [5.74, 6) is 1.83. The van der Waals surface area contributed by atoms with Crippen molar-refractivity contribution in [2.75, 3.05) is 0 Å². The molecule has 1 atom stereocenters. The van der Waals surface area contributed by atoms with E-state index in [1.165, 1.54) is 16.3 Å². The van der Waals surface area contributed by atoms with Crippen LogP contribution in [0.3, 0.4) is 0 Å². The summed E-state index contributed by atoms with van der Waals surface area (Å²) >= 11 is 0. The van der Waals surface area contributed by atoms with Gasteiger partial charge in [0, 0.05) is 43.1 Å². The molecule has 9 aromatic carbocycles. The lowest BCUT2D eigenvalue weighted by Crippen LogP contribution is -2.27. The molecule has 72 heavy (non-hydrogen) atoms. The first-order chi connectivity index (χ1) is 35.1. The van der Waals surface area contributed by atoms with Gasteiger partial charge in [0.05, 0.1) is 34.0 Å². The predicted molar refractivity (Wildman–Crippen MR) is 297 cm³/mol. The van der Waals surface area contributed by atoms with Crippen molar-refractivity contribution in [1.82, 2.24) is 24.1 Å². The van der Waals surface area contributed by atoms with E-state index in [0.29, 0.717) is 11.8 Å². The van der Waals surface area contributed by atoms with Crippen LogP contribution in [0.2, 0.25) is 0 Å². The lowest BCUT2D eigenvalue weighted by Gasteiger charge is -2.34. The molecule has 7 nitrogen and oxygen atoms in total. The quantitative estimate of drug-likeness (QED) is 0.152. The van der Waals surface area contributed by atoms with Gasteiger partial charge >= 0.3 is 0 Å². The van der Waals surface area contributed by atoms with E-state index in [1.54, 1.807) is 4.80 Å². The molecule has 0 saturated heterocycles. The molecule has 0 aliphatic rings. The van der Waals surface area contributed by atoms with Crippen molar-refractivity contribution in [2.24, 2.45) is 17.3 Å². The van der Waals surface area contributed by atoms with Gasteiger partial charge in [0.15, 0.2) is 17.0 Å². The van der Waals surface area contributed by atoms with Crippen molar-refractivity contribution in [3.05, 3.63) is 200 Å². The first-order valence-electron chi connectivity index (χ1n) is 25.1. The Morgan fingerprint density at radius 3 is 1.72 bits per heavy atom. The summed E-state index contributed by atoms with van der Waals surface area (Å²) in [4.78, 5) is 1.74. The molecule has 0 fully saturated rings. The van der Waals surface area contributed by atoms with Crippen LogP contribution in [-0.4, -0.2) is 24.1 Å². The summed E-state index contributed by atoms with van der Waals surface area (Å²) < 4.78 is 18.0. The van der Waals surface area contributed by atoms with Crippen LogP contribution in [0, 0.1) is 17.3 Å². The summed E-state index contributed by atoms with van der Waals surface area (Å²) in [6, 6.07) is 67.4. The Hall–Kier alpha value is -8.68. The highest BCUT2D eigenvalue weighted by Crippen LogP contribution is 2.42. The van der Waals surface area contributed by atoms with E-state index in [2.05, 4.69) is 220 Å². The van der Waals surface area contributed by atoms with Crippen LogP contribution in [0.1, 0.15) is 40.2 Å². The standard InChI is InChI=1S/C65H51N5O2/c1-39(2)53(65(3,4)5)33-40-16-14-17-41(32-40)44-36-52-48-21-9-13-27-60(48)71-64(52)59(37-44)70-66-38-62(67-70)69-56-25-12-8-20-47(56)50-34-42(28-30-57(50)69)43-29-31-61-51(35-43)49-22-15-26-58(63(49)72-61)68-54-23-10-6-18-45(54)46-19-7-11-24-55(46)68/h6-32,34-39,53H,33H2,1-5H3. The highest BCUT2D eigenvalue weighted by atomic mass is 16.3. The molecular weight excluding hydrogens is 883 g/mol. The number of hydrogen-bond donors (Lipinski definition) is 0. The third kappa shape index (κ3) is 6.57. The van der Waals surface area contributed by atoms with Crippen molar-refractivity contribution < 1.29 is 8.83 Å². The summed E-state index contributed by atoms with van der Waals surface area (Å²) in [5.41, 5.74) is 15.6. The van der Waals surface area contributed by atoms with Crippen molar-refractivity contribution in [1.29, 1.82) is 0 Å². The van der Waals surface area contributed by atoms with E-state index >= 15 is 0 Å². The van der Waals surface area contributed by atoms with Crippen LogP contribution in [0.4, 0.5) is 0 Å². The minimum absolute atomic E-state index is 0.196. The monoisotopic (exact) mass is 933 g/mol. The van der Waals surface area contributed by atoms with Crippen LogP contribution >= 0.6 is 0 Å². The van der Waals surface area contributed by atoms with E-state index in [4.69, 9.17) is 19.0 Å². The molecule has 0 aliphatic carbocycles. The van der Waals surface area contributed by atoms with Crippen LogP contribution in [0.15, 0.2) is 203 Å². The van der Waals surface area contributed by atoms with E-state index in [0.717, 1.165) is 123 Å². The second-order valence-electron chi connectivity index (χ2n) is 21.0. The van der Waals surface area contributed by atoms with E-state index < -0.39 is 0 Å². The van der Waals surface area contributed by atoms with Gasteiger partial charge in [-0.05, 0) is 118 Å². The maximum absolute atomic E-state index is 6.77. The maximum Gasteiger partial charge on any atom is 0.180 e. The van der Waals surface area contributed by atoms with Gasteiger partial charge in [0.2, 0.25) is 0 Å². The topological polar surface area (TPSA) is 66.8 Å². The molecule has 5 aromatic heterocycles. The third-order valence-corrected chi connectivity index (χ3v) is 15.3. The SMILES string of the molecule is CC(C)C(Cc1cccc(-c2cc(-n3ncc(-n4c5ccccc5c5cc(-c6ccc7oc8c(-n9c%10ccccc%10c%10ccccc%109)cccc8c7c6)ccc54)n3)c3oc4ccccc4c3c2)c1)C(C)(C)C. The van der Waals surface area contributed by atoms with Crippen LogP contribution < -0.4 is 0 Å². The van der Waals surface area contributed by atoms with Gasteiger partial charge in [0.1, 0.15) is 16.9 Å².